The van der Waals surface area contributed by atoms with Crippen LogP contribution in [0.2, 0.25) is 0 Å². The van der Waals surface area contributed by atoms with Gasteiger partial charge in [-0.2, -0.15) is 0 Å². The van der Waals surface area contributed by atoms with E-state index in [-0.39, 0.29) is 29.9 Å². The Morgan fingerprint density at radius 2 is 1.73 bits per heavy atom. The number of carbonyl (C=O) groups is 3. The summed E-state index contributed by atoms with van der Waals surface area (Å²) in [6.07, 6.45) is -0.0724. The lowest BCUT2D eigenvalue weighted by Gasteiger charge is -2.43. The fraction of sp³-hybridized carbons (Fsp3) is 0.227. The van der Waals surface area contributed by atoms with E-state index >= 15 is 0 Å². The van der Waals surface area contributed by atoms with E-state index in [1.54, 1.807) is 43.3 Å². The molecule has 1 aliphatic rings. The van der Waals surface area contributed by atoms with Crippen LogP contribution in [0.3, 0.4) is 0 Å². The molecule has 0 spiro atoms. The Morgan fingerprint density at radius 3 is 2.47 bits per heavy atom. The van der Waals surface area contributed by atoms with E-state index < -0.39 is 29.8 Å². The zero-order valence-corrected chi connectivity index (χ0v) is 16.2. The molecule has 1 aliphatic heterocycles. The molecule has 3 aromatic rings. The second-order valence-corrected chi connectivity index (χ2v) is 7.21. The molecule has 2 unspecified atom stereocenters. The van der Waals surface area contributed by atoms with Crippen molar-refractivity contribution in [1.29, 1.82) is 0 Å². The summed E-state index contributed by atoms with van der Waals surface area (Å²) >= 11 is 0. The van der Waals surface area contributed by atoms with Crippen molar-refractivity contribution in [2.45, 2.75) is 19.2 Å². The molecule has 154 valence electrons. The maximum atomic E-state index is 14.2. The second-order valence-electron chi connectivity index (χ2n) is 7.21. The molecule has 4 rings (SSSR count). The molecular weight excluding hydrogens is 389 g/mol. The normalized spacial score (nSPS) is 19.2. The van der Waals surface area contributed by atoms with Crippen molar-refractivity contribution >= 4 is 28.5 Å². The topological polar surface area (TPSA) is 93.7 Å². The molecule has 2 amide bonds. The SMILES string of the molecule is CC1C(O)N(C(=O)C(=O)c2c[nH]c3cccc(F)c23)CCN1C(=O)c1ccccc1. The summed E-state index contributed by atoms with van der Waals surface area (Å²) in [7, 11) is 0. The number of aliphatic hydroxyl groups is 1. The molecule has 8 heteroatoms. The number of aromatic amines is 1. The summed E-state index contributed by atoms with van der Waals surface area (Å²) < 4.78 is 14.2. The number of fused-ring (bicyclic) bond motifs is 1. The number of nitrogens with zero attached hydrogens (tertiary/aromatic N) is 2. The number of aromatic nitrogens is 1. The molecule has 0 aliphatic carbocycles. The van der Waals surface area contributed by atoms with Gasteiger partial charge < -0.3 is 19.9 Å². The van der Waals surface area contributed by atoms with Crippen LogP contribution in [-0.4, -0.2) is 62.8 Å². The van der Waals surface area contributed by atoms with Crippen LogP contribution in [0.15, 0.2) is 54.7 Å². The van der Waals surface area contributed by atoms with Gasteiger partial charge in [-0.25, -0.2) is 4.39 Å². The predicted octanol–water partition coefficient (Wildman–Crippen LogP) is 2.18. The molecular formula is C22H20FN3O4. The number of Topliss-reactive ketones (excluding diaryl/α,β-unsaturated/α-hetero) is 1. The third-order valence-electron chi connectivity index (χ3n) is 5.46. The number of H-pyrrole nitrogens is 1. The van der Waals surface area contributed by atoms with Gasteiger partial charge in [-0.05, 0) is 31.2 Å². The number of piperazine rings is 1. The number of rotatable bonds is 3. The smallest absolute Gasteiger partial charge is 0.297 e. The van der Waals surface area contributed by atoms with Crippen LogP contribution in [0.1, 0.15) is 27.6 Å². The van der Waals surface area contributed by atoms with E-state index in [9.17, 15) is 23.9 Å². The third-order valence-corrected chi connectivity index (χ3v) is 5.46. The van der Waals surface area contributed by atoms with Crippen LogP contribution >= 0.6 is 0 Å². The quantitative estimate of drug-likeness (QED) is 0.512. The van der Waals surface area contributed by atoms with Gasteiger partial charge in [-0.15, -0.1) is 0 Å². The first kappa shape index (κ1) is 19.8. The number of hydrogen-bond donors (Lipinski definition) is 2. The lowest BCUT2D eigenvalue weighted by molar-refractivity contribution is -0.146. The van der Waals surface area contributed by atoms with Crippen molar-refractivity contribution in [2.75, 3.05) is 13.1 Å². The van der Waals surface area contributed by atoms with Gasteiger partial charge in [0, 0.05) is 35.8 Å². The monoisotopic (exact) mass is 409 g/mol. The molecule has 1 fully saturated rings. The van der Waals surface area contributed by atoms with Crippen molar-refractivity contribution < 1.29 is 23.9 Å². The van der Waals surface area contributed by atoms with E-state index in [0.29, 0.717) is 11.1 Å². The summed E-state index contributed by atoms with van der Waals surface area (Å²) in [5.74, 6) is -2.73. The van der Waals surface area contributed by atoms with E-state index in [4.69, 9.17) is 0 Å². The minimum atomic E-state index is -1.36. The Kier molecular flexibility index (Phi) is 5.09. The van der Waals surface area contributed by atoms with Crippen LogP contribution in [0.4, 0.5) is 4.39 Å². The average Bonchev–Trinajstić information content (AvgIpc) is 3.20. The van der Waals surface area contributed by atoms with E-state index in [2.05, 4.69) is 4.98 Å². The van der Waals surface area contributed by atoms with Gasteiger partial charge in [0.05, 0.1) is 11.6 Å². The zero-order valence-electron chi connectivity index (χ0n) is 16.2. The molecule has 2 heterocycles. The van der Waals surface area contributed by atoms with Gasteiger partial charge >= 0.3 is 0 Å². The lowest BCUT2D eigenvalue weighted by Crippen LogP contribution is -2.62. The van der Waals surface area contributed by atoms with Gasteiger partial charge in [-0.3, -0.25) is 14.4 Å². The highest BCUT2D eigenvalue weighted by atomic mass is 19.1. The number of hydrogen-bond acceptors (Lipinski definition) is 4. The number of ketones is 1. The molecule has 0 radical (unpaired) electrons. The summed E-state index contributed by atoms with van der Waals surface area (Å²) in [6, 6.07) is 12.2. The van der Waals surface area contributed by atoms with Gasteiger partial charge in [0.25, 0.3) is 17.6 Å². The molecule has 7 nitrogen and oxygen atoms in total. The van der Waals surface area contributed by atoms with Crippen molar-refractivity contribution in [2.24, 2.45) is 0 Å². The number of amides is 2. The predicted molar refractivity (Wildman–Crippen MR) is 107 cm³/mol. The van der Waals surface area contributed by atoms with Crippen LogP contribution in [0.25, 0.3) is 10.9 Å². The lowest BCUT2D eigenvalue weighted by atomic mass is 10.0. The van der Waals surface area contributed by atoms with Crippen LogP contribution in [0, 0.1) is 5.82 Å². The number of halogens is 1. The minimum absolute atomic E-state index is 0.0144. The summed E-state index contributed by atoms with van der Waals surface area (Å²) in [5.41, 5.74) is 0.788. The fourth-order valence-corrected chi connectivity index (χ4v) is 3.79. The number of carbonyl (C=O) groups excluding carboxylic acids is 3. The van der Waals surface area contributed by atoms with Gasteiger partial charge in [0.15, 0.2) is 0 Å². The highest BCUT2D eigenvalue weighted by Gasteiger charge is 2.40. The first-order chi connectivity index (χ1) is 14.4. The first-order valence-electron chi connectivity index (χ1n) is 9.55. The maximum Gasteiger partial charge on any atom is 0.297 e. The zero-order chi connectivity index (χ0) is 21.4. The van der Waals surface area contributed by atoms with Crippen LogP contribution in [0.5, 0.6) is 0 Å². The largest absolute Gasteiger partial charge is 0.371 e. The highest BCUT2D eigenvalue weighted by Crippen LogP contribution is 2.24. The van der Waals surface area contributed by atoms with Crippen molar-refractivity contribution in [3.63, 3.8) is 0 Å². The van der Waals surface area contributed by atoms with Crippen molar-refractivity contribution in [1.82, 2.24) is 14.8 Å². The molecule has 2 atom stereocenters. The highest BCUT2D eigenvalue weighted by molar-refractivity contribution is 6.45. The minimum Gasteiger partial charge on any atom is -0.371 e. The van der Waals surface area contributed by atoms with Crippen molar-refractivity contribution in [3.05, 3.63) is 71.7 Å². The Bertz CT molecular complexity index is 1130. The molecule has 1 saturated heterocycles. The molecule has 1 aromatic heterocycles. The summed E-state index contributed by atoms with van der Waals surface area (Å²) in [4.78, 5) is 43.6. The van der Waals surface area contributed by atoms with E-state index in [1.807, 2.05) is 0 Å². The molecule has 30 heavy (non-hydrogen) atoms. The van der Waals surface area contributed by atoms with Crippen LogP contribution < -0.4 is 0 Å². The average molecular weight is 409 g/mol. The Hall–Kier alpha value is -3.52. The standard InChI is InChI=1S/C22H20FN3O4/c1-13-20(28)26(11-10-25(13)21(29)14-6-3-2-4-7-14)22(30)19(27)15-12-24-17-9-5-8-16(23)18(15)17/h2-9,12-13,20,24,28H,10-11H2,1H3. The van der Waals surface area contributed by atoms with Gasteiger partial charge in [0.1, 0.15) is 12.0 Å². The summed E-state index contributed by atoms with van der Waals surface area (Å²) in [6.45, 7) is 1.76. The Morgan fingerprint density at radius 1 is 1.03 bits per heavy atom. The molecule has 0 bridgehead atoms. The fourth-order valence-electron chi connectivity index (χ4n) is 3.79. The Labute approximate surface area is 171 Å². The molecule has 2 aromatic carbocycles. The van der Waals surface area contributed by atoms with Gasteiger partial charge in [0.2, 0.25) is 0 Å². The molecule has 0 saturated carbocycles. The summed E-state index contributed by atoms with van der Waals surface area (Å²) in [5, 5.41) is 10.7. The van der Waals surface area contributed by atoms with Gasteiger partial charge in [-0.1, -0.05) is 24.3 Å². The maximum absolute atomic E-state index is 14.2. The van der Waals surface area contributed by atoms with Crippen molar-refractivity contribution in [3.8, 4) is 0 Å². The Balaban J connectivity index is 1.54. The second kappa shape index (κ2) is 7.72. The van der Waals surface area contributed by atoms with E-state index in [0.717, 1.165) is 4.90 Å². The number of aliphatic hydroxyl groups excluding tert-OH is 1. The molecule has 2 N–H and O–H groups in total. The third kappa shape index (κ3) is 3.25. The van der Waals surface area contributed by atoms with E-state index in [1.165, 1.54) is 23.2 Å². The first-order valence-corrected chi connectivity index (χ1v) is 9.55. The van der Waals surface area contributed by atoms with Crippen LogP contribution in [-0.2, 0) is 4.79 Å². The number of nitrogens with one attached hydrogen (secondary N) is 1. The number of benzene rings is 2.